The second-order valence-corrected chi connectivity index (χ2v) is 4.81. The average molecular weight is 329 g/mol. The maximum absolute atomic E-state index is 10.8. The van der Waals surface area contributed by atoms with Crippen LogP contribution < -0.4 is 14.8 Å². The summed E-state index contributed by atoms with van der Waals surface area (Å²) in [5, 5.41) is 16.1. The molecule has 0 radical (unpaired) electrons. The largest absolute Gasteiger partial charge is 0.511 e. The van der Waals surface area contributed by atoms with Gasteiger partial charge in [-0.05, 0) is 12.5 Å². The van der Waals surface area contributed by atoms with Crippen LogP contribution in [-0.4, -0.2) is 38.0 Å². The molecular weight excluding hydrogens is 314 g/mol. The number of nitrogens with zero attached hydrogens (tertiary/aromatic N) is 4. The Morgan fingerprint density at radius 2 is 2.21 bits per heavy atom. The molecule has 0 aliphatic heterocycles. The molecule has 0 atom stereocenters. The zero-order valence-electron chi connectivity index (χ0n) is 13.1. The number of hydrogen-bond donors (Lipinski definition) is 2. The number of rotatable bonds is 5. The van der Waals surface area contributed by atoms with E-state index in [1.165, 1.54) is 17.0 Å². The molecule has 3 rings (SSSR count). The van der Waals surface area contributed by atoms with Crippen LogP contribution in [0.1, 0.15) is 12.5 Å². The second-order valence-electron chi connectivity index (χ2n) is 4.81. The molecule has 3 aromatic heterocycles. The molecule has 3 aromatic rings. The van der Waals surface area contributed by atoms with E-state index in [2.05, 4.69) is 20.4 Å². The fraction of sp³-hybridized carbons (Fsp3) is 0.200. The Bertz CT molecular complexity index is 875. The number of methoxy groups -OCH3 is 1. The van der Waals surface area contributed by atoms with Crippen molar-refractivity contribution in [2.24, 2.45) is 0 Å². The van der Waals surface area contributed by atoms with Crippen LogP contribution in [0, 0.1) is 0 Å². The lowest BCUT2D eigenvalue weighted by Gasteiger charge is -2.08. The highest BCUT2D eigenvalue weighted by Gasteiger charge is 2.18. The summed E-state index contributed by atoms with van der Waals surface area (Å²) in [6.07, 6.45) is 3.68. The molecule has 0 amide bonds. The highest BCUT2D eigenvalue weighted by Crippen LogP contribution is 2.31. The lowest BCUT2D eigenvalue weighted by Crippen LogP contribution is -2.03. The van der Waals surface area contributed by atoms with Crippen molar-refractivity contribution in [1.29, 1.82) is 0 Å². The zero-order valence-corrected chi connectivity index (χ0v) is 13.1. The summed E-state index contributed by atoms with van der Waals surface area (Å²) >= 11 is 0. The first-order chi connectivity index (χ1) is 11.6. The second kappa shape index (κ2) is 6.41. The summed E-state index contributed by atoms with van der Waals surface area (Å²) < 4.78 is 11.4. The maximum Gasteiger partial charge on any atom is 0.511 e. The van der Waals surface area contributed by atoms with Crippen molar-refractivity contribution in [3.8, 4) is 11.6 Å². The highest BCUT2D eigenvalue weighted by atomic mass is 16.7. The maximum atomic E-state index is 10.8. The number of nitrogens with one attached hydrogen (secondary N) is 1. The monoisotopic (exact) mass is 329 g/mol. The van der Waals surface area contributed by atoms with E-state index in [1.807, 2.05) is 6.92 Å². The topological polar surface area (TPSA) is 111 Å². The third-order valence-corrected chi connectivity index (χ3v) is 3.40. The lowest BCUT2D eigenvalue weighted by molar-refractivity contribution is 0.144. The van der Waals surface area contributed by atoms with Crippen LogP contribution in [0.5, 0.6) is 11.6 Å². The van der Waals surface area contributed by atoms with Crippen LogP contribution in [0.4, 0.5) is 16.3 Å². The fourth-order valence-corrected chi connectivity index (χ4v) is 2.38. The van der Waals surface area contributed by atoms with Crippen molar-refractivity contribution in [2.45, 2.75) is 13.3 Å². The molecule has 124 valence electrons. The van der Waals surface area contributed by atoms with E-state index in [-0.39, 0.29) is 5.75 Å². The Hall–Kier alpha value is -3.36. The summed E-state index contributed by atoms with van der Waals surface area (Å²) in [4.78, 5) is 19.2. The number of ether oxygens (including phenoxy) is 2. The number of hydrogen-bond acceptors (Lipinski definition) is 7. The summed E-state index contributed by atoms with van der Waals surface area (Å²) in [5.74, 6) is 1.26. The first-order valence-corrected chi connectivity index (χ1v) is 7.15. The Kier molecular flexibility index (Phi) is 4.15. The van der Waals surface area contributed by atoms with Gasteiger partial charge in [-0.1, -0.05) is 6.92 Å². The first-order valence-electron chi connectivity index (χ1n) is 7.15. The van der Waals surface area contributed by atoms with Crippen LogP contribution >= 0.6 is 0 Å². The molecule has 9 nitrogen and oxygen atoms in total. The Morgan fingerprint density at radius 1 is 1.38 bits per heavy atom. The number of pyridine rings is 1. The lowest BCUT2D eigenvalue weighted by atomic mass is 10.2. The van der Waals surface area contributed by atoms with Crippen molar-refractivity contribution >= 4 is 23.2 Å². The molecule has 0 aliphatic rings. The van der Waals surface area contributed by atoms with Crippen molar-refractivity contribution in [3.63, 3.8) is 0 Å². The van der Waals surface area contributed by atoms with E-state index >= 15 is 0 Å². The van der Waals surface area contributed by atoms with Crippen LogP contribution in [0.2, 0.25) is 0 Å². The van der Waals surface area contributed by atoms with Crippen LogP contribution in [-0.2, 0) is 6.42 Å². The van der Waals surface area contributed by atoms with Crippen LogP contribution in [0.3, 0.4) is 0 Å². The van der Waals surface area contributed by atoms with E-state index < -0.39 is 6.16 Å². The minimum atomic E-state index is -1.37. The minimum absolute atomic E-state index is 0.237. The molecule has 9 heteroatoms. The van der Waals surface area contributed by atoms with Gasteiger partial charge in [-0.2, -0.15) is 5.10 Å². The summed E-state index contributed by atoms with van der Waals surface area (Å²) in [5.41, 5.74) is 2.05. The van der Waals surface area contributed by atoms with E-state index in [0.717, 1.165) is 0 Å². The van der Waals surface area contributed by atoms with Crippen LogP contribution in [0.25, 0.3) is 5.52 Å². The molecule has 0 aromatic carbocycles. The molecule has 2 N–H and O–H groups in total. The summed E-state index contributed by atoms with van der Waals surface area (Å²) in [6.45, 7) is 1.90. The molecule has 0 bridgehead atoms. The predicted molar refractivity (Wildman–Crippen MR) is 85.1 cm³/mol. The average Bonchev–Trinajstić information content (AvgIpc) is 2.93. The zero-order chi connectivity index (χ0) is 17.1. The molecule has 0 saturated heterocycles. The first kappa shape index (κ1) is 15.5. The van der Waals surface area contributed by atoms with Gasteiger partial charge in [-0.25, -0.2) is 19.3 Å². The van der Waals surface area contributed by atoms with Crippen molar-refractivity contribution < 1.29 is 19.4 Å². The number of aromatic nitrogens is 4. The van der Waals surface area contributed by atoms with Crippen LogP contribution in [0.15, 0.2) is 30.9 Å². The number of fused-ring (bicyclic) bond motifs is 1. The SMILES string of the molecule is CCc1c(OC(=O)O)cn2ncnc(Nc3ccc(OC)nc3)c12. The summed E-state index contributed by atoms with van der Waals surface area (Å²) in [7, 11) is 1.54. The smallest absolute Gasteiger partial charge is 0.481 e. The van der Waals surface area contributed by atoms with Gasteiger partial charge in [-0.15, -0.1) is 0 Å². The Balaban J connectivity index is 2.03. The number of aryl methyl sites for hydroxylation is 1. The normalized spacial score (nSPS) is 10.6. The molecule has 24 heavy (non-hydrogen) atoms. The Labute approximate surface area is 136 Å². The third-order valence-electron chi connectivity index (χ3n) is 3.40. The summed E-state index contributed by atoms with van der Waals surface area (Å²) in [6, 6.07) is 3.52. The van der Waals surface area contributed by atoms with E-state index in [4.69, 9.17) is 14.6 Å². The number of carbonyl (C=O) groups is 1. The highest BCUT2D eigenvalue weighted by molar-refractivity contribution is 5.79. The van der Waals surface area contributed by atoms with Gasteiger partial charge in [0, 0.05) is 11.6 Å². The van der Waals surface area contributed by atoms with E-state index in [1.54, 1.807) is 25.4 Å². The molecule has 3 heterocycles. The third kappa shape index (κ3) is 2.91. The van der Waals surface area contributed by atoms with Crippen molar-refractivity contribution in [2.75, 3.05) is 12.4 Å². The Morgan fingerprint density at radius 3 is 2.83 bits per heavy atom. The van der Waals surface area contributed by atoms with Gasteiger partial charge >= 0.3 is 6.16 Å². The van der Waals surface area contributed by atoms with Crippen molar-refractivity contribution in [1.82, 2.24) is 19.6 Å². The molecular formula is C15H15N5O4. The standard InChI is InChI=1S/C15H15N5O4/c1-3-10-11(24-15(21)22)7-20-13(10)14(17-8-18-20)19-9-4-5-12(23-2)16-6-9/h4-8H,3H2,1-2H3,(H,21,22)(H,17,18,19). The minimum Gasteiger partial charge on any atom is -0.481 e. The molecule has 0 fully saturated rings. The van der Waals surface area contributed by atoms with Gasteiger partial charge in [0.15, 0.2) is 11.6 Å². The van der Waals surface area contributed by atoms with Gasteiger partial charge in [0.05, 0.1) is 25.2 Å². The molecule has 0 saturated carbocycles. The van der Waals surface area contributed by atoms with Gasteiger partial charge in [0.25, 0.3) is 0 Å². The molecule has 0 unspecified atom stereocenters. The number of carboxylic acid groups (broad SMARTS) is 1. The van der Waals surface area contributed by atoms with Gasteiger partial charge in [0.2, 0.25) is 5.88 Å². The molecule has 0 spiro atoms. The quantitative estimate of drug-likeness (QED) is 0.687. The number of anilines is 2. The molecule has 0 aliphatic carbocycles. The van der Waals surface area contributed by atoms with E-state index in [9.17, 15) is 4.79 Å². The van der Waals surface area contributed by atoms with Gasteiger partial charge in [-0.3, -0.25) is 0 Å². The van der Waals surface area contributed by atoms with Crippen molar-refractivity contribution in [3.05, 3.63) is 36.4 Å². The van der Waals surface area contributed by atoms with Gasteiger partial charge < -0.3 is 19.9 Å². The fourth-order valence-electron chi connectivity index (χ4n) is 2.38. The van der Waals surface area contributed by atoms with E-state index in [0.29, 0.717) is 34.9 Å². The van der Waals surface area contributed by atoms with Gasteiger partial charge in [0.1, 0.15) is 11.8 Å². The predicted octanol–water partition coefficient (Wildman–Crippen LogP) is 2.50.